The number of hydrogen-bond acceptors (Lipinski definition) is 5. The zero-order valence-electron chi connectivity index (χ0n) is 14.2. The average Bonchev–Trinajstić information content (AvgIpc) is 3.00. The van der Waals surface area contributed by atoms with E-state index in [1.54, 1.807) is 0 Å². The molecule has 3 atom stereocenters. The first-order valence-electron chi connectivity index (χ1n) is 8.17. The molecule has 1 aliphatic rings. The fourth-order valence-corrected chi connectivity index (χ4v) is 2.77. The van der Waals surface area contributed by atoms with Crippen molar-refractivity contribution in [3.63, 3.8) is 0 Å². The molecule has 1 aromatic carbocycles. The van der Waals surface area contributed by atoms with E-state index in [-0.39, 0.29) is 13.0 Å². The van der Waals surface area contributed by atoms with Crippen molar-refractivity contribution in [1.29, 1.82) is 0 Å². The fourth-order valence-electron chi connectivity index (χ4n) is 2.77. The van der Waals surface area contributed by atoms with E-state index in [1.807, 2.05) is 30.3 Å². The molecule has 0 unspecified atom stereocenters. The number of aliphatic carboxylic acids is 2. The van der Waals surface area contributed by atoms with Gasteiger partial charge in [0, 0.05) is 0 Å². The van der Waals surface area contributed by atoms with Crippen molar-refractivity contribution in [3.05, 3.63) is 35.9 Å². The van der Waals surface area contributed by atoms with E-state index in [4.69, 9.17) is 5.11 Å². The predicted molar refractivity (Wildman–Crippen MR) is 90.5 cm³/mol. The van der Waals surface area contributed by atoms with Crippen molar-refractivity contribution < 1.29 is 29.4 Å². The molecule has 1 heterocycles. The van der Waals surface area contributed by atoms with Crippen molar-refractivity contribution in [1.82, 2.24) is 15.5 Å². The summed E-state index contributed by atoms with van der Waals surface area (Å²) in [5.41, 5.74) is 0.962. The number of carboxylic acid groups (broad SMARTS) is 2. The van der Waals surface area contributed by atoms with Gasteiger partial charge in [0.1, 0.15) is 6.04 Å². The highest BCUT2D eigenvalue weighted by molar-refractivity contribution is 6.02. The molecule has 9 heteroatoms. The number of carbonyl (C=O) groups excluding carboxylic acids is 2. The third kappa shape index (κ3) is 4.57. The van der Waals surface area contributed by atoms with Gasteiger partial charge in [0.15, 0.2) is 6.04 Å². The number of rotatable bonds is 8. The Morgan fingerprint density at radius 1 is 1.27 bits per heavy atom. The SMILES string of the molecule is C[C@H](N[C@H](CCc1ccccc1)C(=O)O)C(=O)N1C(=O)NC[C@@H]1C(=O)O. The second-order valence-corrected chi connectivity index (χ2v) is 6.05. The molecular weight excluding hydrogens is 342 g/mol. The lowest BCUT2D eigenvalue weighted by Crippen LogP contribution is -2.54. The molecule has 1 aromatic rings. The summed E-state index contributed by atoms with van der Waals surface area (Å²) in [6, 6.07) is 5.17. The highest BCUT2D eigenvalue weighted by Gasteiger charge is 2.42. The van der Waals surface area contributed by atoms with Crippen LogP contribution < -0.4 is 10.6 Å². The summed E-state index contributed by atoms with van der Waals surface area (Å²) in [4.78, 5) is 47.5. The summed E-state index contributed by atoms with van der Waals surface area (Å²) in [6.07, 6.45) is 0.735. The molecule has 2 rings (SSSR count). The Labute approximate surface area is 150 Å². The van der Waals surface area contributed by atoms with E-state index < -0.39 is 42.0 Å². The Bertz CT molecular complexity index is 693. The minimum absolute atomic E-state index is 0.178. The molecule has 0 spiro atoms. The van der Waals surface area contributed by atoms with E-state index in [2.05, 4.69) is 10.6 Å². The molecule has 1 aliphatic heterocycles. The minimum atomic E-state index is -1.30. The Morgan fingerprint density at radius 3 is 2.50 bits per heavy atom. The van der Waals surface area contributed by atoms with Crippen molar-refractivity contribution in [2.45, 2.75) is 37.9 Å². The second-order valence-electron chi connectivity index (χ2n) is 6.05. The molecule has 0 bridgehead atoms. The van der Waals surface area contributed by atoms with E-state index in [0.717, 1.165) is 5.56 Å². The van der Waals surface area contributed by atoms with Crippen LogP contribution in [0.5, 0.6) is 0 Å². The van der Waals surface area contributed by atoms with Crippen LogP contribution in [0.15, 0.2) is 30.3 Å². The lowest BCUT2D eigenvalue weighted by molar-refractivity contribution is -0.147. The predicted octanol–water partition coefficient (Wildman–Crippen LogP) is 0.0555. The maximum absolute atomic E-state index is 12.4. The molecule has 0 aromatic heterocycles. The van der Waals surface area contributed by atoms with Crippen molar-refractivity contribution in [3.8, 4) is 0 Å². The molecule has 9 nitrogen and oxygen atoms in total. The van der Waals surface area contributed by atoms with Crippen LogP contribution >= 0.6 is 0 Å². The number of nitrogens with one attached hydrogen (secondary N) is 2. The molecule has 0 radical (unpaired) electrons. The summed E-state index contributed by atoms with van der Waals surface area (Å²) in [7, 11) is 0. The van der Waals surface area contributed by atoms with Gasteiger partial charge in [0.2, 0.25) is 5.91 Å². The zero-order chi connectivity index (χ0) is 19.3. The normalized spacial score (nSPS) is 18.9. The van der Waals surface area contributed by atoms with E-state index >= 15 is 0 Å². The van der Waals surface area contributed by atoms with E-state index in [0.29, 0.717) is 11.3 Å². The molecule has 3 amide bonds. The third-order valence-electron chi connectivity index (χ3n) is 4.18. The number of aryl methyl sites for hydroxylation is 1. The van der Waals surface area contributed by atoms with Crippen molar-refractivity contribution >= 4 is 23.9 Å². The van der Waals surface area contributed by atoms with Gasteiger partial charge >= 0.3 is 18.0 Å². The monoisotopic (exact) mass is 363 g/mol. The quantitative estimate of drug-likeness (QED) is 0.512. The number of amides is 3. The van der Waals surface area contributed by atoms with Gasteiger partial charge in [0.25, 0.3) is 0 Å². The number of imide groups is 1. The smallest absolute Gasteiger partial charge is 0.328 e. The van der Waals surface area contributed by atoms with Gasteiger partial charge in [-0.15, -0.1) is 0 Å². The number of carboxylic acids is 2. The van der Waals surface area contributed by atoms with Crippen LogP contribution in [0.2, 0.25) is 0 Å². The summed E-state index contributed by atoms with van der Waals surface area (Å²) >= 11 is 0. The molecule has 1 fully saturated rings. The molecule has 26 heavy (non-hydrogen) atoms. The highest BCUT2D eigenvalue weighted by Crippen LogP contribution is 2.11. The summed E-state index contributed by atoms with van der Waals surface area (Å²) in [6.45, 7) is 1.23. The molecule has 140 valence electrons. The summed E-state index contributed by atoms with van der Waals surface area (Å²) in [5.74, 6) is -3.21. The van der Waals surface area contributed by atoms with Crippen LogP contribution in [0.1, 0.15) is 18.9 Å². The Morgan fingerprint density at radius 2 is 1.92 bits per heavy atom. The van der Waals surface area contributed by atoms with Gasteiger partial charge in [-0.25, -0.2) is 14.5 Å². The first-order chi connectivity index (χ1) is 12.3. The Balaban J connectivity index is 2.01. The lowest BCUT2D eigenvalue weighted by Gasteiger charge is -2.25. The molecular formula is C17H21N3O6. The zero-order valence-corrected chi connectivity index (χ0v) is 14.2. The number of carbonyl (C=O) groups is 4. The molecule has 0 aliphatic carbocycles. The van der Waals surface area contributed by atoms with Crippen LogP contribution in [0.4, 0.5) is 4.79 Å². The van der Waals surface area contributed by atoms with Gasteiger partial charge in [-0.05, 0) is 25.3 Å². The molecule has 0 saturated carbocycles. The third-order valence-corrected chi connectivity index (χ3v) is 4.18. The van der Waals surface area contributed by atoms with Gasteiger partial charge in [-0.3, -0.25) is 14.9 Å². The van der Waals surface area contributed by atoms with Crippen LogP contribution in [-0.4, -0.2) is 63.7 Å². The first-order valence-corrected chi connectivity index (χ1v) is 8.17. The van der Waals surface area contributed by atoms with Gasteiger partial charge < -0.3 is 15.5 Å². The number of nitrogens with zero attached hydrogens (tertiary/aromatic N) is 1. The second kappa shape index (κ2) is 8.43. The average molecular weight is 363 g/mol. The standard InChI is InChI=1S/C17H21N3O6/c1-10(14(21)20-13(16(24)25)9-18-17(20)26)19-12(15(22)23)8-7-11-5-3-2-4-6-11/h2-6,10,12-13,19H,7-9H2,1H3,(H,18,26)(H,22,23)(H,24,25)/t10-,12+,13+/m0/s1. The number of urea groups is 1. The summed E-state index contributed by atoms with van der Waals surface area (Å²) in [5, 5.41) is 23.5. The Kier molecular flexibility index (Phi) is 6.29. The minimum Gasteiger partial charge on any atom is -0.480 e. The number of benzene rings is 1. The van der Waals surface area contributed by atoms with Crippen molar-refractivity contribution in [2.75, 3.05) is 6.54 Å². The largest absolute Gasteiger partial charge is 0.480 e. The van der Waals surface area contributed by atoms with Crippen molar-refractivity contribution in [2.24, 2.45) is 0 Å². The van der Waals surface area contributed by atoms with E-state index in [9.17, 15) is 24.3 Å². The fraction of sp³-hybridized carbons (Fsp3) is 0.412. The molecule has 1 saturated heterocycles. The lowest BCUT2D eigenvalue weighted by atomic mass is 10.0. The first kappa shape index (κ1) is 19.4. The van der Waals surface area contributed by atoms with Gasteiger partial charge in [-0.2, -0.15) is 0 Å². The maximum atomic E-state index is 12.4. The topological polar surface area (TPSA) is 136 Å². The summed E-state index contributed by atoms with van der Waals surface area (Å²) < 4.78 is 0. The van der Waals surface area contributed by atoms with Gasteiger partial charge in [0.05, 0.1) is 12.6 Å². The highest BCUT2D eigenvalue weighted by atomic mass is 16.4. The van der Waals surface area contributed by atoms with E-state index in [1.165, 1.54) is 6.92 Å². The van der Waals surface area contributed by atoms with Crippen LogP contribution in [-0.2, 0) is 20.8 Å². The van der Waals surface area contributed by atoms with Gasteiger partial charge in [-0.1, -0.05) is 30.3 Å². The van der Waals surface area contributed by atoms with Crippen LogP contribution in [0.3, 0.4) is 0 Å². The Hall–Kier alpha value is -2.94. The van der Waals surface area contributed by atoms with Crippen LogP contribution in [0, 0.1) is 0 Å². The molecule has 4 N–H and O–H groups in total. The maximum Gasteiger partial charge on any atom is 0.328 e. The van der Waals surface area contributed by atoms with Crippen LogP contribution in [0.25, 0.3) is 0 Å². The number of hydrogen-bond donors (Lipinski definition) is 4.